The summed E-state index contributed by atoms with van der Waals surface area (Å²) in [5, 5.41) is 26.9. The number of anilines is 1. The van der Waals surface area contributed by atoms with E-state index in [1.54, 1.807) is 31.4 Å². The lowest BCUT2D eigenvalue weighted by Crippen LogP contribution is -2.44. The number of methoxy groups -OCH3 is 1. The molecule has 0 saturated heterocycles. The van der Waals surface area contributed by atoms with Gasteiger partial charge in [-0.2, -0.15) is 0 Å². The number of rotatable bonds is 10. The summed E-state index contributed by atoms with van der Waals surface area (Å²) in [4.78, 5) is 13.2. The van der Waals surface area contributed by atoms with Crippen molar-refractivity contribution in [3.05, 3.63) is 53.6 Å². The van der Waals surface area contributed by atoms with Gasteiger partial charge in [-0.1, -0.05) is 37.5 Å². The number of nitrogens with one attached hydrogen (secondary N) is 3. The zero-order valence-corrected chi connectivity index (χ0v) is 20.3. The van der Waals surface area contributed by atoms with Gasteiger partial charge in [-0.25, -0.2) is 8.42 Å². The van der Waals surface area contributed by atoms with Crippen LogP contribution in [-0.2, 0) is 14.8 Å². The smallest absolute Gasteiger partial charge is 0.241 e. The Kier molecular flexibility index (Phi) is 8.76. The topological polar surface area (TPSA) is 137 Å². The molecule has 0 spiro atoms. The van der Waals surface area contributed by atoms with Gasteiger partial charge >= 0.3 is 0 Å². The number of phenolic OH excluding ortho intramolecular Hbond substituents is 1. The van der Waals surface area contributed by atoms with Crippen molar-refractivity contribution in [1.82, 2.24) is 10.6 Å². The maximum atomic E-state index is 13.2. The van der Waals surface area contributed by atoms with Gasteiger partial charge in [0, 0.05) is 12.6 Å². The molecular formula is C24H33N3O6S. The highest BCUT2D eigenvalue weighted by molar-refractivity contribution is 7.92. The van der Waals surface area contributed by atoms with Crippen molar-refractivity contribution in [3.63, 3.8) is 0 Å². The number of carbonyl (C=O) groups excluding carboxylic acids is 1. The van der Waals surface area contributed by atoms with Crippen molar-refractivity contribution in [1.29, 1.82) is 0 Å². The third kappa shape index (κ3) is 7.34. The highest BCUT2D eigenvalue weighted by atomic mass is 32.2. The van der Waals surface area contributed by atoms with Gasteiger partial charge in [0.25, 0.3) is 0 Å². The lowest BCUT2D eigenvalue weighted by Gasteiger charge is -2.27. The minimum atomic E-state index is -3.61. The van der Waals surface area contributed by atoms with Gasteiger partial charge < -0.3 is 20.3 Å². The largest absolute Gasteiger partial charge is 0.506 e. The molecule has 186 valence electrons. The summed E-state index contributed by atoms with van der Waals surface area (Å²) in [7, 11) is -2.03. The molecule has 1 aliphatic carbocycles. The second kappa shape index (κ2) is 11.5. The van der Waals surface area contributed by atoms with E-state index in [2.05, 4.69) is 15.4 Å². The monoisotopic (exact) mass is 491 g/mol. The van der Waals surface area contributed by atoms with Crippen LogP contribution >= 0.6 is 0 Å². The standard InChI is InChI=1S/C24H33N3O6S/c1-33-19-11-8-16(9-12-19)23(24(30)26-18-6-4-3-5-7-18)25-15-22(29)17-10-13-21(28)20(14-17)27-34(2,31)32/h8-14,18,22-23,25,27-29H,3-7,15H2,1-2H3,(H,26,30)/t22-,23-/m1/s1. The Morgan fingerprint density at radius 1 is 1.09 bits per heavy atom. The molecule has 1 amide bonds. The molecule has 1 saturated carbocycles. The average Bonchev–Trinajstić information content (AvgIpc) is 2.80. The van der Waals surface area contributed by atoms with Gasteiger partial charge in [-0.05, 0) is 48.2 Å². The molecule has 0 aliphatic heterocycles. The average molecular weight is 492 g/mol. The summed E-state index contributed by atoms with van der Waals surface area (Å²) >= 11 is 0. The van der Waals surface area contributed by atoms with E-state index < -0.39 is 22.2 Å². The van der Waals surface area contributed by atoms with Gasteiger partial charge in [-0.3, -0.25) is 14.8 Å². The van der Waals surface area contributed by atoms with Crippen LogP contribution in [-0.4, -0.2) is 50.5 Å². The number of aliphatic hydroxyl groups is 1. The second-order valence-electron chi connectivity index (χ2n) is 8.62. The van der Waals surface area contributed by atoms with E-state index in [9.17, 15) is 23.4 Å². The third-order valence-corrected chi connectivity index (χ3v) is 6.47. The lowest BCUT2D eigenvalue weighted by atomic mass is 9.95. The zero-order chi connectivity index (χ0) is 24.7. The molecule has 1 fully saturated rings. The Bertz CT molecular complexity index is 1070. The number of phenols is 1. The Balaban J connectivity index is 1.75. The van der Waals surface area contributed by atoms with E-state index in [0.717, 1.165) is 37.5 Å². The van der Waals surface area contributed by atoms with Crippen LogP contribution in [0.4, 0.5) is 5.69 Å². The molecule has 1 aliphatic rings. The first-order valence-corrected chi connectivity index (χ1v) is 13.2. The van der Waals surface area contributed by atoms with Gasteiger partial charge in [0.15, 0.2) is 0 Å². The molecule has 0 aromatic heterocycles. The second-order valence-corrected chi connectivity index (χ2v) is 10.4. The predicted octanol–water partition coefficient (Wildman–Crippen LogP) is 2.59. The molecule has 10 heteroatoms. The van der Waals surface area contributed by atoms with E-state index >= 15 is 0 Å². The fourth-order valence-electron chi connectivity index (χ4n) is 4.08. The Morgan fingerprint density at radius 2 is 1.74 bits per heavy atom. The van der Waals surface area contributed by atoms with E-state index in [1.165, 1.54) is 24.6 Å². The van der Waals surface area contributed by atoms with E-state index in [0.29, 0.717) is 11.3 Å². The highest BCUT2D eigenvalue weighted by Crippen LogP contribution is 2.28. The number of ether oxygens (including phenoxy) is 1. The summed E-state index contributed by atoms with van der Waals surface area (Å²) in [5.41, 5.74) is 1.09. The maximum Gasteiger partial charge on any atom is 0.241 e. The first kappa shape index (κ1) is 25.8. The third-order valence-electron chi connectivity index (χ3n) is 5.88. The van der Waals surface area contributed by atoms with Crippen LogP contribution in [0.25, 0.3) is 0 Å². The minimum absolute atomic E-state index is 0.0257. The molecule has 2 atom stereocenters. The van der Waals surface area contributed by atoms with Crippen LogP contribution in [0.5, 0.6) is 11.5 Å². The molecule has 3 rings (SSSR count). The van der Waals surface area contributed by atoms with E-state index in [1.807, 2.05) is 0 Å². The van der Waals surface area contributed by atoms with Gasteiger partial charge in [0.1, 0.15) is 17.5 Å². The first-order valence-electron chi connectivity index (χ1n) is 11.3. The van der Waals surface area contributed by atoms with Crippen molar-refractivity contribution >= 4 is 21.6 Å². The summed E-state index contributed by atoms with van der Waals surface area (Å²) in [6, 6.07) is 10.8. The normalized spacial score (nSPS) is 16.4. The zero-order valence-electron chi connectivity index (χ0n) is 19.5. The number of carbonyl (C=O) groups is 1. The molecule has 0 heterocycles. The summed E-state index contributed by atoms with van der Waals surface area (Å²) in [6.07, 6.45) is 5.19. The van der Waals surface area contributed by atoms with Crippen molar-refractivity contribution in [2.45, 2.75) is 50.3 Å². The van der Waals surface area contributed by atoms with Crippen LogP contribution in [0.15, 0.2) is 42.5 Å². The van der Waals surface area contributed by atoms with Crippen molar-refractivity contribution in [3.8, 4) is 11.5 Å². The number of aliphatic hydroxyl groups excluding tert-OH is 1. The Labute approximate surface area is 200 Å². The number of hydrogen-bond acceptors (Lipinski definition) is 7. The SMILES string of the molecule is COc1ccc([C@@H](NC[C@@H](O)c2ccc(O)c(NS(C)(=O)=O)c2)C(=O)NC2CCCCC2)cc1. The van der Waals surface area contributed by atoms with Crippen molar-refractivity contribution in [2.75, 3.05) is 24.6 Å². The van der Waals surface area contributed by atoms with Gasteiger partial charge in [0.05, 0.1) is 25.2 Å². The Hall–Kier alpha value is -2.82. The van der Waals surface area contributed by atoms with Crippen LogP contribution in [0, 0.1) is 0 Å². The molecule has 0 radical (unpaired) electrons. The number of amides is 1. The fraction of sp³-hybridized carbons (Fsp3) is 0.458. The number of hydrogen-bond donors (Lipinski definition) is 5. The number of sulfonamides is 1. The minimum Gasteiger partial charge on any atom is -0.506 e. The molecule has 2 aromatic carbocycles. The van der Waals surface area contributed by atoms with E-state index in [4.69, 9.17) is 4.74 Å². The van der Waals surface area contributed by atoms with Crippen LogP contribution in [0.1, 0.15) is 55.4 Å². The summed E-state index contributed by atoms with van der Waals surface area (Å²) in [5.74, 6) is 0.247. The van der Waals surface area contributed by atoms with Gasteiger partial charge in [-0.15, -0.1) is 0 Å². The first-order chi connectivity index (χ1) is 16.2. The van der Waals surface area contributed by atoms with Gasteiger partial charge in [0.2, 0.25) is 15.9 Å². The Morgan fingerprint density at radius 3 is 2.35 bits per heavy atom. The van der Waals surface area contributed by atoms with E-state index in [-0.39, 0.29) is 29.9 Å². The summed E-state index contributed by atoms with van der Waals surface area (Å²) < 4.78 is 30.5. The van der Waals surface area contributed by atoms with Crippen LogP contribution in [0.3, 0.4) is 0 Å². The predicted molar refractivity (Wildman–Crippen MR) is 130 cm³/mol. The molecule has 2 aromatic rings. The summed E-state index contributed by atoms with van der Waals surface area (Å²) in [6.45, 7) is 0.0257. The molecule has 0 bridgehead atoms. The molecular weight excluding hydrogens is 458 g/mol. The number of aromatic hydroxyl groups is 1. The van der Waals surface area contributed by atoms with Crippen LogP contribution in [0.2, 0.25) is 0 Å². The molecule has 34 heavy (non-hydrogen) atoms. The molecule has 0 unspecified atom stereocenters. The van der Waals surface area contributed by atoms with Crippen LogP contribution < -0.4 is 20.1 Å². The molecule has 5 N–H and O–H groups in total. The lowest BCUT2D eigenvalue weighted by molar-refractivity contribution is -0.124. The number of benzene rings is 2. The van der Waals surface area contributed by atoms with Crippen molar-refractivity contribution < 1.29 is 28.2 Å². The molecule has 9 nitrogen and oxygen atoms in total. The fourth-order valence-corrected chi connectivity index (χ4v) is 4.64. The maximum absolute atomic E-state index is 13.2. The highest BCUT2D eigenvalue weighted by Gasteiger charge is 2.25. The quantitative estimate of drug-likeness (QED) is 0.322. The van der Waals surface area contributed by atoms with Crippen molar-refractivity contribution in [2.24, 2.45) is 0 Å².